The number of nitriles is 1. The Bertz CT molecular complexity index is 2330. The lowest BCUT2D eigenvalue weighted by molar-refractivity contribution is -0.131. The highest BCUT2D eigenvalue weighted by Gasteiger charge is 2.49. The number of hydrogen-bond donors (Lipinski definition) is 0. The molecular formula is C40H34F3N7O2S. The van der Waals surface area contributed by atoms with Crippen molar-refractivity contribution in [3.8, 4) is 35.6 Å². The van der Waals surface area contributed by atoms with Crippen molar-refractivity contribution in [1.82, 2.24) is 24.8 Å². The monoisotopic (exact) mass is 733 g/mol. The fourth-order valence-corrected chi connectivity index (χ4v) is 8.74. The Morgan fingerprint density at radius 3 is 2.75 bits per heavy atom. The Hall–Kier alpha value is -5.50. The summed E-state index contributed by atoms with van der Waals surface area (Å²) in [5.41, 5.74) is 1.04. The van der Waals surface area contributed by atoms with Crippen LogP contribution in [0.1, 0.15) is 36.3 Å². The highest BCUT2D eigenvalue weighted by atomic mass is 32.1. The number of nitrogens with zero attached hydrogens (tertiary/aromatic N) is 7. The van der Waals surface area contributed by atoms with Crippen LogP contribution in [-0.2, 0) is 4.79 Å². The first-order valence-corrected chi connectivity index (χ1v) is 18.4. The van der Waals surface area contributed by atoms with Crippen LogP contribution < -0.4 is 9.64 Å². The van der Waals surface area contributed by atoms with Crippen molar-refractivity contribution >= 4 is 50.8 Å². The normalized spacial score (nSPS) is 21.9. The number of anilines is 1. The van der Waals surface area contributed by atoms with E-state index < -0.39 is 35.3 Å². The zero-order valence-corrected chi connectivity index (χ0v) is 29.5. The number of carbonyl (C=O) groups excluding carboxylic acids is 1. The molecule has 0 spiro atoms. The molecule has 5 aromatic rings. The first-order chi connectivity index (χ1) is 25.8. The Morgan fingerprint density at radius 2 is 1.96 bits per heavy atom. The van der Waals surface area contributed by atoms with E-state index in [0.717, 1.165) is 36.2 Å². The van der Waals surface area contributed by atoms with Gasteiger partial charge < -0.3 is 14.5 Å². The molecule has 5 heterocycles. The maximum Gasteiger partial charge on any atom is 0.319 e. The summed E-state index contributed by atoms with van der Waals surface area (Å²) in [6.07, 6.45) is 9.48. The molecule has 3 saturated heterocycles. The minimum absolute atomic E-state index is 0.0148. The summed E-state index contributed by atoms with van der Waals surface area (Å²) >= 11 is 1.20. The third-order valence-electron chi connectivity index (χ3n) is 10.6. The van der Waals surface area contributed by atoms with Crippen LogP contribution in [0.3, 0.4) is 0 Å². The van der Waals surface area contributed by atoms with Crippen LogP contribution in [0, 0.1) is 29.5 Å². The van der Waals surface area contributed by atoms with Crippen LogP contribution in [0.4, 0.5) is 19.0 Å². The van der Waals surface area contributed by atoms with Crippen molar-refractivity contribution in [1.29, 1.82) is 5.26 Å². The number of aromatic nitrogens is 3. The van der Waals surface area contributed by atoms with Crippen molar-refractivity contribution in [2.45, 2.75) is 43.4 Å². The molecule has 3 fully saturated rings. The van der Waals surface area contributed by atoms with Crippen LogP contribution in [0.2, 0.25) is 0 Å². The van der Waals surface area contributed by atoms with Gasteiger partial charge in [-0.2, -0.15) is 15.2 Å². The zero-order chi connectivity index (χ0) is 36.7. The summed E-state index contributed by atoms with van der Waals surface area (Å²) in [5.74, 6) is 0.660. The number of hydrogen-bond acceptors (Lipinski definition) is 9. The molecule has 8 rings (SSSR count). The summed E-state index contributed by atoms with van der Waals surface area (Å²) in [5, 5.41) is 13.8. The number of ether oxygens (including phenoxy) is 1. The number of piperazine rings is 1. The Morgan fingerprint density at radius 1 is 1.11 bits per heavy atom. The van der Waals surface area contributed by atoms with Crippen molar-refractivity contribution in [3.63, 3.8) is 0 Å². The van der Waals surface area contributed by atoms with Gasteiger partial charge in [-0.05, 0) is 42.5 Å². The van der Waals surface area contributed by atoms with Crippen LogP contribution in [0.15, 0.2) is 65.9 Å². The molecule has 2 aromatic heterocycles. The fraction of sp³-hybridized carbons (Fsp3) is 0.325. The van der Waals surface area contributed by atoms with E-state index in [9.17, 15) is 14.4 Å². The molecule has 3 aliphatic rings. The Labute approximate surface area is 308 Å². The quantitative estimate of drug-likeness (QED) is 0.125. The third kappa shape index (κ3) is 6.34. The van der Waals surface area contributed by atoms with Gasteiger partial charge in [-0.3, -0.25) is 9.69 Å². The Kier molecular flexibility index (Phi) is 9.23. The van der Waals surface area contributed by atoms with E-state index in [0.29, 0.717) is 45.9 Å². The summed E-state index contributed by atoms with van der Waals surface area (Å²) in [4.78, 5) is 32.1. The van der Waals surface area contributed by atoms with Gasteiger partial charge >= 0.3 is 6.01 Å². The number of amides is 1. The second-order valence-corrected chi connectivity index (χ2v) is 14.6. The number of terminal acetylenes is 1. The maximum atomic E-state index is 17.0. The number of fused-ring (bicyclic) bond motifs is 3. The summed E-state index contributed by atoms with van der Waals surface area (Å²) in [6, 6.07) is 16.0. The highest BCUT2D eigenvalue weighted by Crippen LogP contribution is 2.41. The van der Waals surface area contributed by atoms with Gasteiger partial charge in [0, 0.05) is 72.2 Å². The standard InChI is InChI=1S/C40H34F3N7O2S/c1-2-25-6-3-7-26-8-4-9-29(34(25)26)30-10-11-31-36(35(30)43)46-39(52-24-40-13-5-16-49(40)22-27(41)21-40)47-37(31)48-17-18-50(28(23-48)12-14-44)38(51)32(42)20-33-45-15-19-53-33/h1,3-4,6-11,15,19-20,27-28H,5,12-13,16-18,21-24H2/b32-20-/t27?,28?,40-/m0/s1. The highest BCUT2D eigenvalue weighted by molar-refractivity contribution is 7.10. The second-order valence-electron chi connectivity index (χ2n) is 13.7. The molecule has 268 valence electrons. The minimum Gasteiger partial charge on any atom is -0.461 e. The van der Waals surface area contributed by atoms with Crippen LogP contribution in [-0.4, -0.2) is 87.7 Å². The number of carbonyl (C=O) groups is 1. The number of benzene rings is 3. The molecule has 0 bridgehead atoms. The van der Waals surface area contributed by atoms with Gasteiger partial charge in [0.15, 0.2) is 11.6 Å². The summed E-state index contributed by atoms with van der Waals surface area (Å²) < 4.78 is 53.1. The Balaban J connectivity index is 1.19. The van der Waals surface area contributed by atoms with E-state index in [1.165, 1.54) is 22.4 Å². The van der Waals surface area contributed by atoms with Gasteiger partial charge in [0.05, 0.1) is 24.1 Å². The molecule has 0 aliphatic carbocycles. The largest absolute Gasteiger partial charge is 0.461 e. The van der Waals surface area contributed by atoms with Gasteiger partial charge in [-0.15, -0.1) is 17.8 Å². The van der Waals surface area contributed by atoms with Crippen molar-refractivity contribution < 1.29 is 22.7 Å². The molecule has 0 saturated carbocycles. The van der Waals surface area contributed by atoms with Crippen LogP contribution >= 0.6 is 11.3 Å². The van der Waals surface area contributed by atoms with E-state index in [-0.39, 0.29) is 44.2 Å². The van der Waals surface area contributed by atoms with E-state index >= 15 is 8.78 Å². The molecule has 3 aliphatic heterocycles. The van der Waals surface area contributed by atoms with E-state index in [1.54, 1.807) is 17.5 Å². The van der Waals surface area contributed by atoms with Gasteiger partial charge in [0.2, 0.25) is 0 Å². The molecule has 53 heavy (non-hydrogen) atoms. The van der Waals surface area contributed by atoms with Crippen molar-refractivity contribution in [3.05, 3.63) is 82.3 Å². The lowest BCUT2D eigenvalue weighted by Gasteiger charge is -2.41. The summed E-state index contributed by atoms with van der Waals surface area (Å²) in [6.45, 7) is 1.67. The molecule has 9 nitrogen and oxygen atoms in total. The zero-order valence-electron chi connectivity index (χ0n) is 28.6. The maximum absolute atomic E-state index is 17.0. The van der Waals surface area contributed by atoms with Crippen LogP contribution in [0.25, 0.3) is 38.9 Å². The molecule has 0 radical (unpaired) electrons. The van der Waals surface area contributed by atoms with E-state index in [2.05, 4.69) is 26.9 Å². The summed E-state index contributed by atoms with van der Waals surface area (Å²) in [7, 11) is 0. The predicted octanol–water partition coefficient (Wildman–Crippen LogP) is 6.92. The molecule has 0 N–H and O–H groups in total. The average molecular weight is 734 g/mol. The van der Waals surface area contributed by atoms with Crippen LogP contribution in [0.5, 0.6) is 6.01 Å². The molecule has 3 aromatic carbocycles. The second kappa shape index (κ2) is 14.1. The average Bonchev–Trinajstić information content (AvgIpc) is 3.90. The number of halogens is 3. The number of rotatable bonds is 8. The molecular weight excluding hydrogens is 700 g/mol. The molecule has 1 amide bonds. The lowest BCUT2D eigenvalue weighted by atomic mass is 9.93. The first kappa shape index (κ1) is 34.6. The van der Waals surface area contributed by atoms with E-state index in [1.807, 2.05) is 41.3 Å². The van der Waals surface area contributed by atoms with Gasteiger partial charge in [-0.25, -0.2) is 18.2 Å². The molecule has 2 unspecified atom stereocenters. The first-order valence-electron chi connectivity index (χ1n) is 17.5. The van der Waals surface area contributed by atoms with Crippen molar-refractivity contribution in [2.24, 2.45) is 0 Å². The van der Waals surface area contributed by atoms with Gasteiger partial charge in [-0.1, -0.05) is 42.3 Å². The molecule has 3 atom stereocenters. The lowest BCUT2D eigenvalue weighted by Crippen LogP contribution is -2.55. The third-order valence-corrected chi connectivity index (χ3v) is 11.3. The number of alkyl halides is 1. The fourth-order valence-electron chi connectivity index (χ4n) is 8.18. The predicted molar refractivity (Wildman–Crippen MR) is 198 cm³/mol. The van der Waals surface area contributed by atoms with Crippen molar-refractivity contribution in [2.75, 3.05) is 44.2 Å². The SMILES string of the molecule is C#Cc1cccc2cccc(-c3ccc4c(N5CCN(C(=O)/C(F)=C/c6nccs6)C(CC#N)C5)nc(OC[C@@]56CCCN5CC(F)C6)nc4c3F)c12. The van der Waals surface area contributed by atoms with E-state index in [4.69, 9.17) is 16.1 Å². The van der Waals surface area contributed by atoms with Gasteiger partial charge in [0.1, 0.15) is 29.1 Å². The smallest absolute Gasteiger partial charge is 0.319 e. The topological polar surface area (TPSA) is 98.5 Å². The number of thiazole rings is 1. The minimum atomic E-state index is -0.974. The van der Waals surface area contributed by atoms with Gasteiger partial charge in [0.25, 0.3) is 5.91 Å². The molecule has 13 heteroatoms.